The number of pyridine rings is 1. The van der Waals surface area contributed by atoms with Crippen LogP contribution in [0, 0.1) is 11.6 Å². The number of carbonyl (C=O) groups excluding carboxylic acids is 1. The maximum atomic E-state index is 13.3. The fourth-order valence-electron chi connectivity index (χ4n) is 3.19. The van der Waals surface area contributed by atoms with E-state index in [-0.39, 0.29) is 12.1 Å². The summed E-state index contributed by atoms with van der Waals surface area (Å²) in [5, 5.41) is 2.77. The average molecular weight is 345 g/mol. The standard InChI is InChI=1S/C19H21F2N3O/c1-24(17-5-3-2-4-6-17)19(25)23-18-8-7-13(12-22-18)14-9-15(20)11-16(21)10-14/h7-12,17H,2-6H2,1H3,(H,22,23,25). The Morgan fingerprint density at radius 2 is 1.76 bits per heavy atom. The SMILES string of the molecule is CN(C(=O)Nc1ccc(-c2cc(F)cc(F)c2)cn1)C1CCCCC1. The van der Waals surface area contributed by atoms with Crippen LogP contribution in [0.3, 0.4) is 0 Å². The van der Waals surface area contributed by atoms with Crippen molar-refractivity contribution in [3.05, 3.63) is 48.2 Å². The lowest BCUT2D eigenvalue weighted by molar-refractivity contribution is 0.186. The molecule has 1 aromatic carbocycles. The predicted molar refractivity (Wildman–Crippen MR) is 93.2 cm³/mol. The number of nitrogens with one attached hydrogen (secondary N) is 1. The van der Waals surface area contributed by atoms with Gasteiger partial charge in [0.15, 0.2) is 0 Å². The molecule has 1 aromatic heterocycles. The van der Waals surface area contributed by atoms with Crippen LogP contribution in [0.2, 0.25) is 0 Å². The zero-order chi connectivity index (χ0) is 17.8. The third-order valence-corrected chi connectivity index (χ3v) is 4.64. The van der Waals surface area contributed by atoms with E-state index in [2.05, 4.69) is 10.3 Å². The highest BCUT2D eigenvalue weighted by atomic mass is 19.1. The van der Waals surface area contributed by atoms with E-state index < -0.39 is 11.6 Å². The van der Waals surface area contributed by atoms with E-state index in [1.54, 1.807) is 24.1 Å². The fraction of sp³-hybridized carbons (Fsp3) is 0.368. The summed E-state index contributed by atoms with van der Waals surface area (Å²) in [5.74, 6) is -0.865. The first-order valence-electron chi connectivity index (χ1n) is 8.49. The first kappa shape index (κ1) is 17.3. The average Bonchev–Trinajstić information content (AvgIpc) is 2.61. The van der Waals surface area contributed by atoms with E-state index in [9.17, 15) is 13.6 Å². The molecule has 3 rings (SSSR count). The minimum atomic E-state index is -0.638. The summed E-state index contributed by atoms with van der Waals surface area (Å²) in [6.45, 7) is 0. The van der Waals surface area contributed by atoms with E-state index in [1.165, 1.54) is 24.8 Å². The number of anilines is 1. The molecule has 0 unspecified atom stereocenters. The van der Waals surface area contributed by atoms with Gasteiger partial charge in [-0.1, -0.05) is 19.3 Å². The number of amides is 2. The van der Waals surface area contributed by atoms with Crippen LogP contribution in [0.25, 0.3) is 11.1 Å². The molecule has 2 aromatic rings. The van der Waals surface area contributed by atoms with Crippen LogP contribution < -0.4 is 5.32 Å². The molecule has 1 fully saturated rings. The minimum absolute atomic E-state index is 0.191. The largest absolute Gasteiger partial charge is 0.325 e. The summed E-state index contributed by atoms with van der Waals surface area (Å²) in [7, 11) is 1.80. The Balaban J connectivity index is 1.66. The molecule has 4 nitrogen and oxygen atoms in total. The second-order valence-electron chi connectivity index (χ2n) is 6.42. The topological polar surface area (TPSA) is 45.2 Å². The van der Waals surface area contributed by atoms with Gasteiger partial charge in [-0.25, -0.2) is 18.6 Å². The van der Waals surface area contributed by atoms with Crippen LogP contribution in [0.5, 0.6) is 0 Å². The first-order chi connectivity index (χ1) is 12.0. The highest BCUT2D eigenvalue weighted by Gasteiger charge is 2.22. The van der Waals surface area contributed by atoms with Crippen molar-refractivity contribution in [2.45, 2.75) is 38.1 Å². The fourth-order valence-corrected chi connectivity index (χ4v) is 3.19. The molecule has 0 spiro atoms. The van der Waals surface area contributed by atoms with Crippen molar-refractivity contribution in [2.24, 2.45) is 0 Å². The molecule has 132 valence electrons. The molecule has 0 bridgehead atoms. The van der Waals surface area contributed by atoms with Crippen molar-refractivity contribution >= 4 is 11.8 Å². The number of halogens is 2. The van der Waals surface area contributed by atoms with Crippen LogP contribution in [0.15, 0.2) is 36.5 Å². The smallest absolute Gasteiger partial charge is 0.322 e. The third-order valence-electron chi connectivity index (χ3n) is 4.64. The van der Waals surface area contributed by atoms with E-state index in [4.69, 9.17) is 0 Å². The quantitative estimate of drug-likeness (QED) is 0.866. The number of hydrogen-bond donors (Lipinski definition) is 1. The van der Waals surface area contributed by atoms with Gasteiger partial charge in [-0.05, 0) is 42.7 Å². The van der Waals surface area contributed by atoms with Gasteiger partial charge < -0.3 is 4.90 Å². The molecular weight excluding hydrogens is 324 g/mol. The van der Waals surface area contributed by atoms with Gasteiger partial charge in [0, 0.05) is 30.9 Å². The van der Waals surface area contributed by atoms with E-state index in [1.807, 2.05) is 0 Å². The molecule has 1 saturated carbocycles. The summed E-state index contributed by atoms with van der Waals surface area (Å²) in [4.78, 5) is 18.2. The lowest BCUT2D eigenvalue weighted by Crippen LogP contribution is -2.41. The molecule has 25 heavy (non-hydrogen) atoms. The van der Waals surface area contributed by atoms with Gasteiger partial charge in [0.25, 0.3) is 0 Å². The Morgan fingerprint density at radius 3 is 2.36 bits per heavy atom. The minimum Gasteiger partial charge on any atom is -0.325 e. The summed E-state index contributed by atoms with van der Waals surface area (Å²) in [6.07, 6.45) is 7.09. The number of aromatic nitrogens is 1. The highest BCUT2D eigenvalue weighted by Crippen LogP contribution is 2.24. The maximum Gasteiger partial charge on any atom is 0.322 e. The molecule has 0 atom stereocenters. The van der Waals surface area contributed by atoms with Crippen molar-refractivity contribution < 1.29 is 13.6 Å². The Kier molecular flexibility index (Phi) is 5.26. The summed E-state index contributed by atoms with van der Waals surface area (Å²) in [5.41, 5.74) is 0.985. The van der Waals surface area contributed by atoms with Gasteiger partial charge >= 0.3 is 6.03 Å². The van der Waals surface area contributed by atoms with Crippen LogP contribution in [-0.2, 0) is 0 Å². The second-order valence-corrected chi connectivity index (χ2v) is 6.42. The molecule has 0 radical (unpaired) electrons. The lowest BCUT2D eigenvalue weighted by atomic mass is 9.95. The van der Waals surface area contributed by atoms with Gasteiger partial charge in [0.1, 0.15) is 17.5 Å². The van der Waals surface area contributed by atoms with Crippen LogP contribution in [0.1, 0.15) is 32.1 Å². The van der Waals surface area contributed by atoms with Crippen molar-refractivity contribution in [3.8, 4) is 11.1 Å². The number of urea groups is 1. The van der Waals surface area contributed by atoms with Crippen molar-refractivity contribution in [3.63, 3.8) is 0 Å². The number of hydrogen-bond acceptors (Lipinski definition) is 2. The van der Waals surface area contributed by atoms with E-state index >= 15 is 0 Å². The molecule has 0 saturated heterocycles. The molecule has 0 aliphatic heterocycles. The normalized spacial score (nSPS) is 15.0. The Bertz CT molecular complexity index is 723. The van der Waals surface area contributed by atoms with Crippen molar-refractivity contribution in [2.75, 3.05) is 12.4 Å². The molecule has 2 amide bonds. The number of carbonyl (C=O) groups is 1. The first-order valence-corrected chi connectivity index (χ1v) is 8.49. The molecule has 1 aliphatic rings. The molecule has 6 heteroatoms. The predicted octanol–water partition coefficient (Wildman–Crippen LogP) is 4.82. The number of nitrogens with zero attached hydrogens (tertiary/aromatic N) is 2. The van der Waals surface area contributed by atoms with Crippen molar-refractivity contribution in [1.29, 1.82) is 0 Å². The van der Waals surface area contributed by atoms with Gasteiger partial charge in [-0.2, -0.15) is 0 Å². The summed E-state index contributed by atoms with van der Waals surface area (Å²) >= 11 is 0. The van der Waals surface area contributed by atoms with E-state index in [0.29, 0.717) is 16.9 Å². The van der Waals surface area contributed by atoms with Gasteiger partial charge in [0.2, 0.25) is 0 Å². The zero-order valence-electron chi connectivity index (χ0n) is 14.1. The third kappa shape index (κ3) is 4.32. The van der Waals surface area contributed by atoms with Crippen LogP contribution >= 0.6 is 0 Å². The maximum absolute atomic E-state index is 13.3. The van der Waals surface area contributed by atoms with Crippen molar-refractivity contribution in [1.82, 2.24) is 9.88 Å². The van der Waals surface area contributed by atoms with Gasteiger partial charge in [0.05, 0.1) is 0 Å². The van der Waals surface area contributed by atoms with Crippen LogP contribution in [0.4, 0.5) is 19.4 Å². The second kappa shape index (κ2) is 7.59. The van der Waals surface area contributed by atoms with Crippen LogP contribution in [-0.4, -0.2) is 29.0 Å². The molecular formula is C19H21F2N3O. The molecule has 1 N–H and O–H groups in total. The number of rotatable bonds is 3. The lowest BCUT2D eigenvalue weighted by Gasteiger charge is -2.31. The van der Waals surface area contributed by atoms with E-state index in [0.717, 1.165) is 31.7 Å². The zero-order valence-corrected chi connectivity index (χ0v) is 14.1. The molecule has 1 heterocycles. The Hall–Kier alpha value is -2.50. The monoisotopic (exact) mass is 345 g/mol. The molecule has 1 aliphatic carbocycles. The highest BCUT2D eigenvalue weighted by molar-refractivity contribution is 5.88. The summed E-state index contributed by atoms with van der Waals surface area (Å²) < 4.78 is 26.6. The van der Waals surface area contributed by atoms with Gasteiger partial charge in [-0.3, -0.25) is 5.32 Å². The summed E-state index contributed by atoms with van der Waals surface area (Å²) in [6, 6.07) is 6.70. The van der Waals surface area contributed by atoms with Gasteiger partial charge in [-0.15, -0.1) is 0 Å². The number of benzene rings is 1. The Labute approximate surface area is 145 Å². The Morgan fingerprint density at radius 1 is 1.08 bits per heavy atom.